The SMILES string of the molecule is O=C(Nc1nnc(OCc2ccc(Cl)cc2)s1)c1cccnc1N1CCOCC1. The minimum Gasteiger partial charge on any atom is -0.464 e. The zero-order valence-corrected chi connectivity index (χ0v) is 16.9. The van der Waals surface area contributed by atoms with Gasteiger partial charge < -0.3 is 14.4 Å². The van der Waals surface area contributed by atoms with E-state index in [2.05, 4.69) is 20.5 Å². The zero-order chi connectivity index (χ0) is 20.1. The lowest BCUT2D eigenvalue weighted by Crippen LogP contribution is -2.38. The highest BCUT2D eigenvalue weighted by atomic mass is 35.5. The van der Waals surface area contributed by atoms with Gasteiger partial charge in [-0.1, -0.05) is 28.8 Å². The summed E-state index contributed by atoms with van der Waals surface area (Å²) in [4.78, 5) is 19.2. The Morgan fingerprint density at radius 1 is 1.21 bits per heavy atom. The Labute approximate surface area is 176 Å². The number of hydrogen-bond acceptors (Lipinski definition) is 8. The van der Waals surface area contributed by atoms with Crippen LogP contribution in [0.25, 0.3) is 0 Å². The Hall–Kier alpha value is -2.75. The maximum Gasteiger partial charge on any atom is 0.296 e. The van der Waals surface area contributed by atoms with Crippen LogP contribution in [0.4, 0.5) is 10.9 Å². The monoisotopic (exact) mass is 431 g/mol. The number of nitrogens with one attached hydrogen (secondary N) is 1. The summed E-state index contributed by atoms with van der Waals surface area (Å²) >= 11 is 7.04. The normalized spacial score (nSPS) is 13.9. The van der Waals surface area contributed by atoms with Crippen LogP contribution in [0.5, 0.6) is 5.19 Å². The molecule has 4 rings (SSSR count). The summed E-state index contributed by atoms with van der Waals surface area (Å²) in [6.07, 6.45) is 1.68. The molecule has 29 heavy (non-hydrogen) atoms. The second-order valence-corrected chi connectivity index (χ2v) is 7.59. The third kappa shape index (κ3) is 5.00. The molecule has 3 heterocycles. The van der Waals surface area contributed by atoms with Gasteiger partial charge in [0.1, 0.15) is 12.4 Å². The molecule has 3 aromatic rings. The van der Waals surface area contributed by atoms with Crippen molar-refractivity contribution in [1.82, 2.24) is 15.2 Å². The largest absolute Gasteiger partial charge is 0.464 e. The van der Waals surface area contributed by atoms with E-state index in [0.717, 1.165) is 16.9 Å². The van der Waals surface area contributed by atoms with Gasteiger partial charge in [0.15, 0.2) is 0 Å². The summed E-state index contributed by atoms with van der Waals surface area (Å²) in [5.74, 6) is 0.344. The van der Waals surface area contributed by atoms with Crippen molar-refractivity contribution in [3.63, 3.8) is 0 Å². The lowest BCUT2D eigenvalue weighted by molar-refractivity contribution is 0.102. The molecule has 8 nitrogen and oxygen atoms in total. The molecule has 0 atom stereocenters. The van der Waals surface area contributed by atoms with Crippen LogP contribution < -0.4 is 15.0 Å². The highest BCUT2D eigenvalue weighted by Gasteiger charge is 2.21. The lowest BCUT2D eigenvalue weighted by Gasteiger charge is -2.28. The first-order valence-corrected chi connectivity index (χ1v) is 10.2. The first kappa shape index (κ1) is 19.6. The molecule has 150 valence electrons. The first-order chi connectivity index (χ1) is 14.2. The van der Waals surface area contributed by atoms with Crippen molar-refractivity contribution in [2.45, 2.75) is 6.61 Å². The van der Waals surface area contributed by atoms with E-state index in [0.29, 0.717) is 59.6 Å². The summed E-state index contributed by atoms with van der Waals surface area (Å²) in [5.41, 5.74) is 1.44. The number of amides is 1. The van der Waals surface area contributed by atoms with Crippen molar-refractivity contribution in [2.24, 2.45) is 0 Å². The Morgan fingerprint density at radius 3 is 2.79 bits per heavy atom. The number of pyridine rings is 1. The number of hydrogen-bond donors (Lipinski definition) is 1. The van der Waals surface area contributed by atoms with Gasteiger partial charge in [-0.05, 0) is 41.2 Å². The molecular weight excluding hydrogens is 414 g/mol. The van der Waals surface area contributed by atoms with E-state index in [1.165, 1.54) is 0 Å². The van der Waals surface area contributed by atoms with E-state index in [-0.39, 0.29) is 5.91 Å². The Bertz CT molecular complexity index is 976. The van der Waals surface area contributed by atoms with Gasteiger partial charge in [-0.25, -0.2) is 4.98 Å². The molecule has 0 saturated carbocycles. The van der Waals surface area contributed by atoms with Crippen LogP contribution in [-0.2, 0) is 11.3 Å². The minimum absolute atomic E-state index is 0.292. The van der Waals surface area contributed by atoms with Gasteiger partial charge in [-0.15, -0.1) is 5.10 Å². The van der Waals surface area contributed by atoms with E-state index in [9.17, 15) is 4.79 Å². The lowest BCUT2D eigenvalue weighted by atomic mass is 10.2. The summed E-state index contributed by atoms with van der Waals surface area (Å²) in [5, 5.41) is 12.1. The van der Waals surface area contributed by atoms with Crippen LogP contribution >= 0.6 is 22.9 Å². The van der Waals surface area contributed by atoms with Gasteiger partial charge >= 0.3 is 0 Å². The van der Waals surface area contributed by atoms with Crippen molar-refractivity contribution in [3.05, 3.63) is 58.7 Å². The first-order valence-electron chi connectivity index (χ1n) is 8.99. The standard InChI is InChI=1S/C19H18ClN5O3S/c20-14-5-3-13(4-6-14)12-28-19-24-23-18(29-19)22-17(26)15-2-1-7-21-16(15)25-8-10-27-11-9-25/h1-7H,8-12H2,(H,22,23,26). The number of nitrogens with zero attached hydrogens (tertiary/aromatic N) is 4. The molecule has 1 aliphatic rings. The second kappa shape index (κ2) is 9.17. The number of anilines is 2. The Balaban J connectivity index is 1.40. The summed E-state index contributed by atoms with van der Waals surface area (Å²) < 4.78 is 11.0. The molecule has 0 spiro atoms. The third-order valence-corrected chi connectivity index (χ3v) is 5.25. The molecule has 1 aliphatic heterocycles. The van der Waals surface area contributed by atoms with Crippen LogP contribution in [0, 0.1) is 0 Å². The van der Waals surface area contributed by atoms with Crippen molar-refractivity contribution < 1.29 is 14.3 Å². The van der Waals surface area contributed by atoms with E-state index in [1.54, 1.807) is 30.5 Å². The van der Waals surface area contributed by atoms with E-state index >= 15 is 0 Å². The quantitative estimate of drug-likeness (QED) is 0.640. The van der Waals surface area contributed by atoms with Gasteiger partial charge in [0.05, 0.1) is 18.8 Å². The number of morpholine rings is 1. The average Bonchev–Trinajstić information content (AvgIpc) is 3.21. The van der Waals surface area contributed by atoms with Crippen LogP contribution in [0.3, 0.4) is 0 Å². The molecule has 0 aliphatic carbocycles. The number of aromatic nitrogens is 3. The van der Waals surface area contributed by atoms with Crippen LogP contribution in [0.1, 0.15) is 15.9 Å². The Morgan fingerprint density at radius 2 is 2.00 bits per heavy atom. The molecule has 0 bridgehead atoms. The van der Waals surface area contributed by atoms with Crippen LogP contribution in [0.2, 0.25) is 5.02 Å². The van der Waals surface area contributed by atoms with Crippen molar-refractivity contribution >= 4 is 39.8 Å². The predicted octanol–water partition coefficient (Wildman–Crippen LogP) is 3.25. The molecule has 2 aromatic heterocycles. The highest BCUT2D eigenvalue weighted by Crippen LogP contribution is 2.25. The van der Waals surface area contributed by atoms with Crippen molar-refractivity contribution in [1.29, 1.82) is 0 Å². The van der Waals surface area contributed by atoms with Gasteiger partial charge in [0, 0.05) is 24.3 Å². The topological polar surface area (TPSA) is 89.5 Å². The smallest absolute Gasteiger partial charge is 0.296 e. The molecule has 1 saturated heterocycles. The summed E-state index contributed by atoms with van der Waals surface area (Å²) in [7, 11) is 0. The maximum atomic E-state index is 12.8. The highest BCUT2D eigenvalue weighted by molar-refractivity contribution is 7.17. The van der Waals surface area contributed by atoms with Gasteiger partial charge in [-0.2, -0.15) is 0 Å². The van der Waals surface area contributed by atoms with E-state index in [1.807, 2.05) is 17.0 Å². The Kier molecular flexibility index (Phi) is 6.18. The molecule has 1 aromatic carbocycles. The summed E-state index contributed by atoms with van der Waals surface area (Å²) in [6, 6.07) is 10.8. The molecule has 0 unspecified atom stereocenters. The van der Waals surface area contributed by atoms with Crippen molar-refractivity contribution in [2.75, 3.05) is 36.5 Å². The molecule has 0 radical (unpaired) electrons. The van der Waals surface area contributed by atoms with E-state index < -0.39 is 0 Å². The number of rotatable bonds is 6. The number of halogens is 1. The average molecular weight is 432 g/mol. The van der Waals surface area contributed by atoms with Crippen LogP contribution in [-0.4, -0.2) is 47.4 Å². The fourth-order valence-electron chi connectivity index (χ4n) is 2.81. The van der Waals surface area contributed by atoms with Crippen LogP contribution in [0.15, 0.2) is 42.6 Å². The second-order valence-electron chi connectivity index (χ2n) is 6.22. The van der Waals surface area contributed by atoms with E-state index in [4.69, 9.17) is 21.1 Å². The van der Waals surface area contributed by atoms with Gasteiger partial charge in [0.2, 0.25) is 5.13 Å². The summed E-state index contributed by atoms with van der Waals surface area (Å²) in [6.45, 7) is 2.95. The third-order valence-electron chi connectivity index (χ3n) is 4.24. The van der Waals surface area contributed by atoms with Gasteiger partial charge in [0.25, 0.3) is 11.1 Å². The number of carbonyl (C=O) groups excluding carboxylic acids is 1. The zero-order valence-electron chi connectivity index (χ0n) is 15.4. The van der Waals surface area contributed by atoms with Gasteiger partial charge in [-0.3, -0.25) is 10.1 Å². The number of benzene rings is 1. The fourth-order valence-corrected chi connectivity index (χ4v) is 3.53. The predicted molar refractivity (Wildman–Crippen MR) is 111 cm³/mol. The molecule has 1 amide bonds. The molecule has 1 N–H and O–H groups in total. The number of ether oxygens (including phenoxy) is 2. The molecule has 1 fully saturated rings. The molecule has 10 heteroatoms. The molecular formula is C19H18ClN5O3S. The fraction of sp³-hybridized carbons (Fsp3) is 0.263. The minimum atomic E-state index is -0.292. The van der Waals surface area contributed by atoms with Crippen molar-refractivity contribution in [3.8, 4) is 5.19 Å². The maximum absolute atomic E-state index is 12.8. The number of carbonyl (C=O) groups is 1.